The Kier molecular flexibility index (Phi) is 7.12. The molecule has 0 amide bonds. The maximum Gasteiger partial charge on any atom is 0.414 e. The number of ether oxygens (including phenoxy) is 1. The van der Waals surface area contributed by atoms with Gasteiger partial charge in [0.05, 0.1) is 6.10 Å². The maximum atomic E-state index is 9.10. The van der Waals surface area contributed by atoms with Crippen molar-refractivity contribution in [2.75, 3.05) is 6.61 Å². The molecule has 94 valence electrons. The van der Waals surface area contributed by atoms with Gasteiger partial charge in [0.25, 0.3) is 0 Å². The highest BCUT2D eigenvalue weighted by Crippen LogP contribution is 2.07. The van der Waals surface area contributed by atoms with E-state index in [2.05, 4.69) is 0 Å². The lowest BCUT2D eigenvalue weighted by atomic mass is 10.3. The average Bonchev–Trinajstić information content (AvgIpc) is 2.28. The number of carbonyl (C=O) groups is 2. The second-order valence-electron chi connectivity index (χ2n) is 3.08. The van der Waals surface area contributed by atoms with Crippen LogP contribution < -0.4 is 4.74 Å². The van der Waals surface area contributed by atoms with Gasteiger partial charge in [0.15, 0.2) is 0 Å². The predicted octanol–water partition coefficient (Wildman–Crippen LogP) is 0.602. The van der Waals surface area contributed by atoms with Gasteiger partial charge in [-0.1, -0.05) is 18.2 Å². The van der Waals surface area contributed by atoms with Crippen molar-refractivity contribution in [1.29, 1.82) is 0 Å². The Labute approximate surface area is 98.1 Å². The Morgan fingerprint density at radius 2 is 1.65 bits per heavy atom. The molecule has 0 fully saturated rings. The van der Waals surface area contributed by atoms with Gasteiger partial charge >= 0.3 is 11.9 Å². The summed E-state index contributed by atoms with van der Waals surface area (Å²) >= 11 is 0. The Morgan fingerprint density at radius 1 is 1.18 bits per heavy atom. The van der Waals surface area contributed by atoms with Crippen molar-refractivity contribution in [1.82, 2.24) is 0 Å². The Hall–Kier alpha value is -2.08. The van der Waals surface area contributed by atoms with Crippen LogP contribution in [0.15, 0.2) is 30.3 Å². The molecule has 0 aliphatic heterocycles. The number of benzene rings is 1. The molecule has 0 aliphatic carbocycles. The molecule has 1 unspecified atom stereocenters. The first-order chi connectivity index (χ1) is 7.93. The topological polar surface area (TPSA) is 104 Å². The number of para-hydroxylation sites is 1. The zero-order chi connectivity index (χ0) is 13.3. The third-order valence-electron chi connectivity index (χ3n) is 1.42. The number of aliphatic hydroxyl groups is 1. The van der Waals surface area contributed by atoms with Gasteiger partial charge < -0.3 is 20.1 Å². The van der Waals surface area contributed by atoms with Crippen LogP contribution in [0, 0.1) is 0 Å². The zero-order valence-corrected chi connectivity index (χ0v) is 9.24. The Morgan fingerprint density at radius 3 is 2.00 bits per heavy atom. The molecule has 0 radical (unpaired) electrons. The number of hydrogen-bond donors (Lipinski definition) is 3. The van der Waals surface area contributed by atoms with Crippen molar-refractivity contribution in [3.05, 3.63) is 30.3 Å². The van der Waals surface area contributed by atoms with Crippen LogP contribution in [0.3, 0.4) is 0 Å². The van der Waals surface area contributed by atoms with Crippen molar-refractivity contribution >= 4 is 11.9 Å². The molecular weight excluding hydrogens is 228 g/mol. The molecule has 6 nitrogen and oxygen atoms in total. The van der Waals surface area contributed by atoms with E-state index in [0.29, 0.717) is 6.61 Å². The highest BCUT2D eigenvalue weighted by Gasteiger charge is 2.04. The third-order valence-corrected chi connectivity index (χ3v) is 1.42. The van der Waals surface area contributed by atoms with E-state index >= 15 is 0 Å². The standard InChI is InChI=1S/C9H12O2.C2H2O4/c1-8(10)7-11-9-5-3-2-4-6-9;3-1(4)2(5)6/h2-6,8,10H,7H2,1H3;(H,3,4)(H,5,6). The molecular formula is C11H14O6. The van der Waals surface area contributed by atoms with Gasteiger partial charge in [-0.2, -0.15) is 0 Å². The summed E-state index contributed by atoms with van der Waals surface area (Å²) in [6, 6.07) is 9.45. The number of aliphatic carboxylic acids is 2. The van der Waals surface area contributed by atoms with E-state index in [1.807, 2.05) is 30.3 Å². The molecule has 3 N–H and O–H groups in total. The van der Waals surface area contributed by atoms with Crippen molar-refractivity contribution in [2.24, 2.45) is 0 Å². The van der Waals surface area contributed by atoms with Gasteiger partial charge in [0.2, 0.25) is 0 Å². The monoisotopic (exact) mass is 242 g/mol. The molecule has 0 saturated heterocycles. The van der Waals surface area contributed by atoms with Crippen LogP contribution in [-0.4, -0.2) is 40.0 Å². The molecule has 0 spiro atoms. The van der Waals surface area contributed by atoms with E-state index in [1.165, 1.54) is 0 Å². The minimum absolute atomic E-state index is 0.351. The van der Waals surface area contributed by atoms with E-state index in [-0.39, 0.29) is 0 Å². The number of rotatable bonds is 3. The first-order valence-corrected chi connectivity index (χ1v) is 4.75. The summed E-state index contributed by atoms with van der Waals surface area (Å²) in [5, 5.41) is 23.7. The van der Waals surface area contributed by atoms with Gasteiger partial charge in [-0.3, -0.25) is 0 Å². The lowest BCUT2D eigenvalue weighted by Gasteiger charge is -2.06. The van der Waals surface area contributed by atoms with E-state index in [4.69, 9.17) is 29.6 Å². The fourth-order valence-corrected chi connectivity index (χ4v) is 0.734. The van der Waals surface area contributed by atoms with Gasteiger partial charge in [-0.05, 0) is 19.1 Å². The van der Waals surface area contributed by atoms with Gasteiger partial charge in [-0.15, -0.1) is 0 Å². The van der Waals surface area contributed by atoms with Gasteiger partial charge in [-0.25, -0.2) is 9.59 Å². The van der Waals surface area contributed by atoms with E-state index < -0.39 is 18.0 Å². The number of carboxylic acid groups (broad SMARTS) is 2. The summed E-state index contributed by atoms with van der Waals surface area (Å²) in [6.07, 6.45) is -0.407. The third kappa shape index (κ3) is 8.88. The SMILES string of the molecule is CC(O)COc1ccccc1.O=C(O)C(=O)O. The summed E-state index contributed by atoms with van der Waals surface area (Å²) in [4.78, 5) is 18.2. The van der Waals surface area contributed by atoms with Crippen LogP contribution in [0.1, 0.15) is 6.92 Å². The minimum atomic E-state index is -1.82. The molecule has 0 heterocycles. The molecule has 1 aromatic carbocycles. The van der Waals surface area contributed by atoms with E-state index in [0.717, 1.165) is 5.75 Å². The smallest absolute Gasteiger partial charge is 0.414 e. The minimum Gasteiger partial charge on any atom is -0.491 e. The molecule has 1 atom stereocenters. The van der Waals surface area contributed by atoms with Crippen LogP contribution in [0.5, 0.6) is 5.75 Å². The summed E-state index contributed by atoms with van der Waals surface area (Å²) in [5.74, 6) is -2.85. The lowest BCUT2D eigenvalue weighted by Crippen LogP contribution is -2.12. The highest BCUT2D eigenvalue weighted by molar-refractivity contribution is 6.27. The second kappa shape index (κ2) is 8.12. The van der Waals surface area contributed by atoms with Crippen molar-refractivity contribution in [2.45, 2.75) is 13.0 Å². The Bertz CT molecular complexity index is 334. The fraction of sp³-hybridized carbons (Fsp3) is 0.273. The largest absolute Gasteiger partial charge is 0.491 e. The average molecular weight is 242 g/mol. The fourth-order valence-electron chi connectivity index (χ4n) is 0.734. The van der Waals surface area contributed by atoms with Crippen molar-refractivity contribution in [3.8, 4) is 5.75 Å². The quantitative estimate of drug-likeness (QED) is 0.670. The number of hydrogen-bond acceptors (Lipinski definition) is 4. The maximum absolute atomic E-state index is 9.10. The lowest BCUT2D eigenvalue weighted by molar-refractivity contribution is -0.159. The van der Waals surface area contributed by atoms with Gasteiger partial charge in [0.1, 0.15) is 12.4 Å². The first kappa shape index (κ1) is 14.9. The molecule has 6 heteroatoms. The van der Waals surface area contributed by atoms with Gasteiger partial charge in [0, 0.05) is 0 Å². The molecule has 1 aromatic rings. The summed E-state index contributed by atoms with van der Waals surface area (Å²) in [6.45, 7) is 2.05. The van der Waals surface area contributed by atoms with Crippen LogP contribution in [-0.2, 0) is 9.59 Å². The highest BCUT2D eigenvalue weighted by atomic mass is 16.5. The predicted molar refractivity (Wildman–Crippen MR) is 58.9 cm³/mol. The molecule has 17 heavy (non-hydrogen) atoms. The molecule has 1 rings (SSSR count). The number of aliphatic hydroxyl groups excluding tert-OH is 1. The van der Waals surface area contributed by atoms with Crippen LogP contribution in [0.2, 0.25) is 0 Å². The van der Waals surface area contributed by atoms with Crippen molar-refractivity contribution < 1.29 is 29.6 Å². The summed E-state index contributed by atoms with van der Waals surface area (Å²) in [5.41, 5.74) is 0. The Balaban J connectivity index is 0.000000366. The molecule has 0 aromatic heterocycles. The zero-order valence-electron chi connectivity index (χ0n) is 9.24. The number of carboxylic acids is 2. The summed E-state index contributed by atoms with van der Waals surface area (Å²) in [7, 11) is 0. The summed E-state index contributed by atoms with van der Waals surface area (Å²) < 4.78 is 5.22. The second-order valence-corrected chi connectivity index (χ2v) is 3.08. The van der Waals surface area contributed by atoms with Crippen LogP contribution in [0.4, 0.5) is 0 Å². The normalized spacial score (nSPS) is 10.7. The van der Waals surface area contributed by atoms with Crippen molar-refractivity contribution in [3.63, 3.8) is 0 Å². The first-order valence-electron chi connectivity index (χ1n) is 4.75. The van der Waals surface area contributed by atoms with E-state index in [1.54, 1.807) is 6.92 Å². The van der Waals surface area contributed by atoms with Crippen LogP contribution in [0.25, 0.3) is 0 Å². The molecule has 0 aliphatic rings. The van der Waals surface area contributed by atoms with Crippen LogP contribution >= 0.6 is 0 Å². The molecule has 0 saturated carbocycles. The molecule has 0 bridgehead atoms. The van der Waals surface area contributed by atoms with E-state index in [9.17, 15) is 0 Å².